The van der Waals surface area contributed by atoms with Gasteiger partial charge in [-0.25, -0.2) is 8.78 Å². The van der Waals surface area contributed by atoms with Gasteiger partial charge in [-0.3, -0.25) is 9.59 Å². The molecular formula is C16H15F2NO3. The number of halogens is 2. The van der Waals surface area contributed by atoms with E-state index in [4.69, 9.17) is 0 Å². The highest BCUT2D eigenvalue weighted by molar-refractivity contribution is 6.02. The van der Waals surface area contributed by atoms with Gasteiger partial charge in [0, 0.05) is 18.7 Å². The second-order valence-corrected chi connectivity index (χ2v) is 5.74. The summed E-state index contributed by atoms with van der Waals surface area (Å²) in [6.07, 6.45) is 4.00. The quantitative estimate of drug-likeness (QED) is 0.673. The van der Waals surface area contributed by atoms with Gasteiger partial charge in [0.1, 0.15) is 0 Å². The normalized spacial score (nSPS) is 19.1. The fourth-order valence-corrected chi connectivity index (χ4v) is 3.13. The van der Waals surface area contributed by atoms with E-state index in [9.17, 15) is 23.5 Å². The lowest BCUT2D eigenvalue weighted by Crippen LogP contribution is -2.49. The summed E-state index contributed by atoms with van der Waals surface area (Å²) >= 11 is 0. The molecule has 0 saturated heterocycles. The van der Waals surface area contributed by atoms with Gasteiger partial charge in [-0.15, -0.1) is 0 Å². The minimum absolute atomic E-state index is 0.0905. The van der Waals surface area contributed by atoms with E-state index in [-0.39, 0.29) is 24.9 Å². The molecule has 0 saturated carbocycles. The Morgan fingerprint density at radius 3 is 2.50 bits per heavy atom. The number of allylic oxidation sites excluding steroid dienone is 2. The third kappa shape index (κ3) is 2.10. The average Bonchev–Trinajstić information content (AvgIpc) is 3.01. The van der Waals surface area contributed by atoms with Crippen molar-refractivity contribution >= 4 is 11.9 Å². The molecule has 1 aliphatic carbocycles. The molecule has 4 nitrogen and oxygen atoms in total. The van der Waals surface area contributed by atoms with E-state index in [1.54, 1.807) is 12.2 Å². The molecule has 0 fully saturated rings. The van der Waals surface area contributed by atoms with Gasteiger partial charge in [-0.05, 0) is 30.9 Å². The van der Waals surface area contributed by atoms with Gasteiger partial charge in [0.05, 0.1) is 0 Å². The van der Waals surface area contributed by atoms with E-state index in [2.05, 4.69) is 0 Å². The van der Waals surface area contributed by atoms with E-state index in [1.165, 1.54) is 11.0 Å². The predicted molar refractivity (Wildman–Crippen MR) is 73.9 cm³/mol. The van der Waals surface area contributed by atoms with E-state index in [0.29, 0.717) is 18.5 Å². The molecule has 1 aromatic carbocycles. The molecule has 3 rings (SSSR count). The number of hydrogen-bond acceptors (Lipinski definition) is 2. The highest BCUT2D eigenvalue weighted by Gasteiger charge is 2.49. The van der Waals surface area contributed by atoms with Crippen LogP contribution in [0.3, 0.4) is 0 Å². The van der Waals surface area contributed by atoms with Crippen LogP contribution >= 0.6 is 0 Å². The zero-order chi connectivity index (χ0) is 15.9. The van der Waals surface area contributed by atoms with Crippen molar-refractivity contribution in [3.63, 3.8) is 0 Å². The molecule has 1 heterocycles. The maximum absolute atomic E-state index is 13.9. The standard InChI is InChI=1S/C16H15F2NO3/c17-12-4-3-10-5-8-19(9-11(10)13(12)18)14(20)16(15(21)22)6-1-2-7-16/h1-4H,5-9H2,(H,21,22). The summed E-state index contributed by atoms with van der Waals surface area (Å²) < 4.78 is 27.3. The van der Waals surface area contributed by atoms with E-state index >= 15 is 0 Å². The molecule has 0 atom stereocenters. The number of rotatable bonds is 2. The van der Waals surface area contributed by atoms with Crippen LogP contribution in [0.4, 0.5) is 8.78 Å². The number of aliphatic carboxylic acids is 1. The second-order valence-electron chi connectivity index (χ2n) is 5.74. The number of amides is 1. The topological polar surface area (TPSA) is 57.6 Å². The van der Waals surface area contributed by atoms with Crippen molar-refractivity contribution < 1.29 is 23.5 Å². The SMILES string of the molecule is O=C(O)C1(C(=O)N2CCc3ccc(F)c(F)c3C2)CC=CC1. The highest BCUT2D eigenvalue weighted by atomic mass is 19.2. The van der Waals surface area contributed by atoms with Crippen LogP contribution in [0.1, 0.15) is 24.0 Å². The molecule has 0 spiro atoms. The lowest BCUT2D eigenvalue weighted by Gasteiger charge is -2.35. The summed E-state index contributed by atoms with van der Waals surface area (Å²) in [4.78, 5) is 25.5. The number of carboxylic acid groups (broad SMARTS) is 1. The largest absolute Gasteiger partial charge is 0.480 e. The Labute approximate surface area is 126 Å². The van der Waals surface area contributed by atoms with E-state index in [0.717, 1.165) is 6.07 Å². The summed E-state index contributed by atoms with van der Waals surface area (Å²) in [7, 11) is 0. The maximum Gasteiger partial charge on any atom is 0.319 e. The summed E-state index contributed by atoms with van der Waals surface area (Å²) in [6.45, 7) is 0.221. The van der Waals surface area contributed by atoms with Gasteiger partial charge in [-0.1, -0.05) is 18.2 Å². The molecule has 2 aliphatic rings. The van der Waals surface area contributed by atoms with Crippen LogP contribution in [-0.2, 0) is 22.6 Å². The zero-order valence-electron chi connectivity index (χ0n) is 11.8. The fourth-order valence-electron chi connectivity index (χ4n) is 3.13. The van der Waals surface area contributed by atoms with Crippen molar-refractivity contribution in [2.75, 3.05) is 6.54 Å². The molecule has 116 valence electrons. The number of carbonyl (C=O) groups is 2. The Kier molecular flexibility index (Phi) is 3.47. The molecule has 0 unspecified atom stereocenters. The number of benzene rings is 1. The van der Waals surface area contributed by atoms with Crippen LogP contribution in [0.25, 0.3) is 0 Å². The van der Waals surface area contributed by atoms with Gasteiger partial charge in [0.15, 0.2) is 17.0 Å². The first-order valence-corrected chi connectivity index (χ1v) is 7.09. The summed E-state index contributed by atoms with van der Waals surface area (Å²) in [5, 5.41) is 9.44. The lowest BCUT2D eigenvalue weighted by molar-refractivity contribution is -0.160. The second kappa shape index (κ2) is 5.19. The highest BCUT2D eigenvalue weighted by Crippen LogP contribution is 2.37. The minimum atomic E-state index is -1.50. The molecule has 22 heavy (non-hydrogen) atoms. The molecule has 0 aromatic heterocycles. The molecule has 1 amide bonds. The van der Waals surface area contributed by atoms with Crippen LogP contribution in [0, 0.1) is 17.0 Å². The van der Waals surface area contributed by atoms with Gasteiger partial charge < -0.3 is 10.0 Å². The summed E-state index contributed by atoms with van der Waals surface area (Å²) in [5.74, 6) is -3.61. The maximum atomic E-state index is 13.9. The Hall–Kier alpha value is -2.24. The fraction of sp³-hybridized carbons (Fsp3) is 0.375. The van der Waals surface area contributed by atoms with Crippen molar-refractivity contribution in [1.29, 1.82) is 0 Å². The molecule has 1 N–H and O–H groups in total. The van der Waals surface area contributed by atoms with Crippen molar-refractivity contribution in [3.8, 4) is 0 Å². The lowest BCUT2D eigenvalue weighted by atomic mass is 9.83. The van der Waals surface area contributed by atoms with Crippen molar-refractivity contribution in [2.24, 2.45) is 5.41 Å². The van der Waals surface area contributed by atoms with Gasteiger partial charge >= 0.3 is 5.97 Å². The Morgan fingerprint density at radius 1 is 1.18 bits per heavy atom. The molecule has 0 radical (unpaired) electrons. The number of nitrogens with zero attached hydrogens (tertiary/aromatic N) is 1. The first-order valence-electron chi connectivity index (χ1n) is 7.09. The van der Waals surface area contributed by atoms with Gasteiger partial charge in [0.2, 0.25) is 5.91 Å². The first kappa shape index (κ1) is 14.7. The van der Waals surface area contributed by atoms with E-state index in [1.807, 2.05) is 0 Å². The van der Waals surface area contributed by atoms with Gasteiger partial charge in [0.25, 0.3) is 0 Å². The van der Waals surface area contributed by atoms with Crippen LogP contribution in [0.5, 0.6) is 0 Å². The molecule has 0 bridgehead atoms. The average molecular weight is 307 g/mol. The van der Waals surface area contributed by atoms with Crippen molar-refractivity contribution in [2.45, 2.75) is 25.8 Å². The third-order valence-corrected chi connectivity index (χ3v) is 4.50. The molecule has 1 aromatic rings. The Morgan fingerprint density at radius 2 is 1.86 bits per heavy atom. The Bertz CT molecular complexity index is 676. The summed E-state index contributed by atoms with van der Waals surface area (Å²) in [6, 6.07) is 2.59. The van der Waals surface area contributed by atoms with Crippen LogP contribution < -0.4 is 0 Å². The monoisotopic (exact) mass is 307 g/mol. The number of hydrogen-bond donors (Lipinski definition) is 1. The molecular weight excluding hydrogens is 292 g/mol. The van der Waals surface area contributed by atoms with Crippen LogP contribution in [0.2, 0.25) is 0 Å². The third-order valence-electron chi connectivity index (χ3n) is 4.50. The number of carboxylic acids is 1. The van der Waals surface area contributed by atoms with Crippen molar-refractivity contribution in [3.05, 3.63) is 47.0 Å². The predicted octanol–water partition coefficient (Wildman–Crippen LogP) is 2.27. The zero-order valence-corrected chi connectivity index (χ0v) is 11.8. The van der Waals surface area contributed by atoms with Gasteiger partial charge in [-0.2, -0.15) is 0 Å². The number of fused-ring (bicyclic) bond motifs is 1. The minimum Gasteiger partial charge on any atom is -0.480 e. The molecule has 1 aliphatic heterocycles. The first-order chi connectivity index (χ1) is 10.5. The Balaban J connectivity index is 1.90. The van der Waals surface area contributed by atoms with Crippen LogP contribution in [-0.4, -0.2) is 28.4 Å². The number of carbonyl (C=O) groups excluding carboxylic acids is 1. The smallest absolute Gasteiger partial charge is 0.319 e. The summed E-state index contributed by atoms with van der Waals surface area (Å²) in [5.41, 5.74) is -0.690. The van der Waals surface area contributed by atoms with Crippen LogP contribution in [0.15, 0.2) is 24.3 Å². The van der Waals surface area contributed by atoms with Crippen molar-refractivity contribution in [1.82, 2.24) is 4.90 Å². The molecule has 6 heteroatoms. The van der Waals surface area contributed by atoms with E-state index < -0.39 is 28.9 Å².